The molecule has 0 unspecified atom stereocenters. The van der Waals surface area contributed by atoms with Crippen LogP contribution in [0.3, 0.4) is 0 Å². The monoisotopic (exact) mass is 513 g/mol. The Morgan fingerprint density at radius 2 is 1.61 bits per heavy atom. The molecule has 2 aromatic carbocycles. The Bertz CT molecular complexity index is 1250. The molecule has 12 heteroatoms. The number of anilines is 1. The molecule has 5 nitrogen and oxygen atoms in total. The lowest BCUT2D eigenvalue weighted by atomic mass is 9.77. The van der Waals surface area contributed by atoms with Gasteiger partial charge < -0.3 is 15.8 Å². The number of rotatable bonds is 5. The second-order valence-electron chi connectivity index (χ2n) is 8.29. The van der Waals surface area contributed by atoms with Gasteiger partial charge in [-0.3, -0.25) is 9.78 Å². The smallest absolute Gasteiger partial charge is 0.378 e. The first kappa shape index (κ1) is 25.6. The summed E-state index contributed by atoms with van der Waals surface area (Å²) >= 11 is 0. The number of alkyl halides is 6. The van der Waals surface area contributed by atoms with Crippen LogP contribution in [0.5, 0.6) is 0 Å². The molecule has 4 rings (SSSR count). The summed E-state index contributed by atoms with van der Waals surface area (Å²) in [4.78, 5) is 16.3. The Hall–Kier alpha value is -3.51. The summed E-state index contributed by atoms with van der Waals surface area (Å²) in [6.45, 7) is 0.0385. The van der Waals surface area contributed by atoms with Crippen molar-refractivity contribution in [1.29, 1.82) is 0 Å². The van der Waals surface area contributed by atoms with Gasteiger partial charge in [-0.05, 0) is 47.0 Å². The van der Waals surface area contributed by atoms with Crippen LogP contribution in [0.2, 0.25) is 0 Å². The summed E-state index contributed by atoms with van der Waals surface area (Å²) in [5.74, 6) is -0.920. The maximum atomic E-state index is 13.3. The fourth-order valence-corrected chi connectivity index (χ4v) is 3.79. The van der Waals surface area contributed by atoms with E-state index in [-0.39, 0.29) is 24.3 Å². The third-order valence-electron chi connectivity index (χ3n) is 5.90. The number of nitrogens with zero attached hydrogens (tertiary/aromatic N) is 1. The van der Waals surface area contributed by atoms with Gasteiger partial charge in [-0.2, -0.15) is 26.3 Å². The van der Waals surface area contributed by atoms with Crippen molar-refractivity contribution in [2.45, 2.75) is 23.8 Å². The number of nitrogens with two attached hydrogens (primary N) is 1. The number of hydrogen-bond acceptors (Lipinski definition) is 4. The maximum Gasteiger partial charge on any atom is 0.433 e. The average molecular weight is 513 g/mol. The van der Waals surface area contributed by atoms with Crippen LogP contribution in [-0.4, -0.2) is 30.3 Å². The molecule has 1 aliphatic rings. The maximum absolute atomic E-state index is 13.3. The van der Waals surface area contributed by atoms with Crippen molar-refractivity contribution in [1.82, 2.24) is 4.98 Å². The zero-order valence-electron chi connectivity index (χ0n) is 18.3. The largest absolute Gasteiger partial charge is 0.433 e. The number of carbonyl (C=O) groups excluding carboxylic acids is 1. The van der Waals surface area contributed by atoms with Crippen molar-refractivity contribution in [3.63, 3.8) is 0 Å². The quantitative estimate of drug-likeness (QED) is 0.450. The van der Waals surface area contributed by atoms with Crippen LogP contribution in [0, 0.1) is 5.82 Å². The predicted molar refractivity (Wildman–Crippen MR) is 115 cm³/mol. The average Bonchev–Trinajstić information content (AvgIpc) is 2.78. The van der Waals surface area contributed by atoms with Crippen molar-refractivity contribution in [2.75, 3.05) is 18.5 Å². The molecule has 2 heterocycles. The number of ether oxygens (including phenoxy) is 1. The van der Waals surface area contributed by atoms with Crippen LogP contribution in [0.25, 0.3) is 11.1 Å². The van der Waals surface area contributed by atoms with Crippen LogP contribution in [0.4, 0.5) is 36.4 Å². The summed E-state index contributed by atoms with van der Waals surface area (Å²) in [6.07, 6.45) is -9.26. The zero-order valence-corrected chi connectivity index (χ0v) is 18.3. The first-order chi connectivity index (χ1) is 16.8. The zero-order chi connectivity index (χ0) is 26.3. The van der Waals surface area contributed by atoms with Crippen molar-refractivity contribution < 1.29 is 40.3 Å². The highest BCUT2D eigenvalue weighted by Gasteiger charge is 2.47. The van der Waals surface area contributed by atoms with E-state index in [9.17, 15) is 35.5 Å². The predicted octanol–water partition coefficient (Wildman–Crippen LogP) is 5.38. The van der Waals surface area contributed by atoms with E-state index in [2.05, 4.69) is 10.3 Å². The molecule has 190 valence electrons. The Morgan fingerprint density at radius 1 is 1.00 bits per heavy atom. The molecule has 36 heavy (non-hydrogen) atoms. The van der Waals surface area contributed by atoms with Gasteiger partial charge in [-0.25, -0.2) is 4.39 Å². The summed E-state index contributed by atoms with van der Waals surface area (Å²) in [6, 6.07) is 8.42. The van der Waals surface area contributed by atoms with Crippen LogP contribution >= 0.6 is 0 Å². The standard InChI is InChI=1S/C24H18F7N3O2/c25-15-5-7-16(8-6-15)34-21(35)22(11-36-12-22)14-3-1-13(2-4-14)18-10-33-19(23(26,27)28)9-17(18)20(32)24(29,30)31/h1-10,20H,11-12,32H2,(H,34,35)/t20-/m0/s1. The van der Waals surface area contributed by atoms with Gasteiger partial charge in [0, 0.05) is 17.4 Å². The Kier molecular flexibility index (Phi) is 6.52. The van der Waals surface area contributed by atoms with Crippen LogP contribution in [0.15, 0.2) is 60.8 Å². The van der Waals surface area contributed by atoms with Crippen molar-refractivity contribution >= 4 is 11.6 Å². The summed E-state index contributed by atoms with van der Waals surface area (Å²) in [5, 5.41) is 2.67. The van der Waals surface area contributed by atoms with Gasteiger partial charge in [0.1, 0.15) is 23.0 Å². The third kappa shape index (κ3) is 4.91. The second kappa shape index (κ2) is 9.17. The number of halogens is 7. The molecule has 1 aromatic heterocycles. The van der Waals surface area contributed by atoms with E-state index < -0.39 is 46.8 Å². The minimum absolute atomic E-state index is 0.0193. The molecule has 0 bridgehead atoms. The van der Waals surface area contributed by atoms with Crippen molar-refractivity contribution in [3.05, 3.63) is 83.4 Å². The first-order valence-electron chi connectivity index (χ1n) is 10.5. The number of benzene rings is 2. The van der Waals surface area contributed by atoms with Gasteiger partial charge in [0.25, 0.3) is 0 Å². The Morgan fingerprint density at radius 3 is 2.11 bits per heavy atom. The number of carbonyl (C=O) groups is 1. The molecule has 0 aliphatic carbocycles. The SMILES string of the molecule is N[C@@H](c1cc(C(F)(F)F)ncc1-c1ccc(C2(C(=O)Nc3ccc(F)cc3)COC2)cc1)C(F)(F)F. The topological polar surface area (TPSA) is 77.2 Å². The molecular formula is C24H18F7N3O2. The second-order valence-corrected chi connectivity index (χ2v) is 8.29. The van der Waals surface area contributed by atoms with E-state index in [1.807, 2.05) is 0 Å². The summed E-state index contributed by atoms with van der Waals surface area (Å²) < 4.78 is 97.6. The number of pyridine rings is 1. The van der Waals surface area contributed by atoms with Gasteiger partial charge in [0.2, 0.25) is 5.91 Å². The Labute approximate surface area is 200 Å². The van der Waals surface area contributed by atoms with E-state index in [1.54, 1.807) is 0 Å². The highest BCUT2D eigenvalue weighted by Crippen LogP contribution is 2.40. The lowest BCUT2D eigenvalue weighted by molar-refractivity contribution is -0.150. The number of amides is 1. The molecule has 1 fully saturated rings. The van der Waals surface area contributed by atoms with Crippen molar-refractivity contribution in [2.24, 2.45) is 5.73 Å². The highest BCUT2D eigenvalue weighted by molar-refractivity contribution is 6.00. The van der Waals surface area contributed by atoms with E-state index in [1.165, 1.54) is 48.5 Å². The van der Waals surface area contributed by atoms with Crippen molar-refractivity contribution in [3.8, 4) is 11.1 Å². The number of aromatic nitrogens is 1. The molecule has 0 spiro atoms. The number of hydrogen-bond donors (Lipinski definition) is 2. The lowest BCUT2D eigenvalue weighted by Gasteiger charge is -2.40. The lowest BCUT2D eigenvalue weighted by Crippen LogP contribution is -2.55. The van der Waals surface area contributed by atoms with E-state index >= 15 is 0 Å². The van der Waals surface area contributed by atoms with E-state index in [0.717, 1.165) is 0 Å². The minimum Gasteiger partial charge on any atom is -0.378 e. The Balaban J connectivity index is 1.67. The molecular weight excluding hydrogens is 495 g/mol. The number of nitrogens with one attached hydrogen (secondary N) is 1. The normalized spacial score (nSPS) is 16.2. The van der Waals surface area contributed by atoms with Crippen LogP contribution in [0.1, 0.15) is 22.9 Å². The van der Waals surface area contributed by atoms with E-state index in [4.69, 9.17) is 10.5 Å². The fraction of sp³-hybridized carbons (Fsp3) is 0.250. The van der Waals surface area contributed by atoms with Gasteiger partial charge in [0.15, 0.2) is 0 Å². The molecule has 3 aromatic rings. The van der Waals surface area contributed by atoms with Gasteiger partial charge >= 0.3 is 12.4 Å². The molecule has 3 N–H and O–H groups in total. The van der Waals surface area contributed by atoms with Gasteiger partial charge in [0.05, 0.1) is 13.2 Å². The fourth-order valence-electron chi connectivity index (χ4n) is 3.79. The highest BCUT2D eigenvalue weighted by atomic mass is 19.4. The molecule has 1 amide bonds. The molecule has 0 saturated carbocycles. The van der Waals surface area contributed by atoms with Crippen LogP contribution < -0.4 is 11.1 Å². The molecule has 1 atom stereocenters. The van der Waals surface area contributed by atoms with Gasteiger partial charge in [-0.1, -0.05) is 24.3 Å². The molecule has 0 radical (unpaired) electrons. The molecule has 1 saturated heterocycles. The summed E-state index contributed by atoms with van der Waals surface area (Å²) in [5.41, 5.74) is 2.59. The first-order valence-corrected chi connectivity index (χ1v) is 10.5. The third-order valence-corrected chi connectivity index (χ3v) is 5.90. The van der Waals surface area contributed by atoms with E-state index in [0.29, 0.717) is 23.5 Å². The van der Waals surface area contributed by atoms with Crippen LogP contribution in [-0.2, 0) is 21.1 Å². The van der Waals surface area contributed by atoms with Gasteiger partial charge in [-0.15, -0.1) is 0 Å². The molecule has 1 aliphatic heterocycles. The minimum atomic E-state index is -5.00. The summed E-state index contributed by atoms with van der Waals surface area (Å²) in [7, 11) is 0.